The maximum absolute atomic E-state index is 11.3. The summed E-state index contributed by atoms with van der Waals surface area (Å²) in [4.78, 5) is 11.3. The smallest absolute Gasteiger partial charge is 0.407 e. The second-order valence-corrected chi connectivity index (χ2v) is 4.15. The molecule has 0 saturated heterocycles. The Morgan fingerprint density at radius 2 is 2.19 bits per heavy atom. The third-order valence-corrected chi connectivity index (χ3v) is 2.15. The average Bonchev–Trinajstić information content (AvgIpc) is 2.15. The van der Waals surface area contributed by atoms with Gasteiger partial charge in [0.2, 0.25) is 0 Å². The molecule has 0 aliphatic carbocycles. The summed E-state index contributed by atoms with van der Waals surface area (Å²) in [6, 6.07) is 7.13. The fourth-order valence-corrected chi connectivity index (χ4v) is 1.39. The van der Waals surface area contributed by atoms with Gasteiger partial charge in [-0.1, -0.05) is 17.7 Å². The molecular formula is C13H18NO2. The van der Waals surface area contributed by atoms with Crippen molar-refractivity contribution in [1.29, 1.82) is 0 Å². The minimum Gasteiger partial charge on any atom is -0.447 e. The highest BCUT2D eigenvalue weighted by Crippen LogP contribution is 2.09. The fraction of sp³-hybridized carbons (Fsp3) is 0.462. The Hall–Kier alpha value is -1.51. The molecule has 87 valence electrons. The SMILES string of the molecule is Cc1c[c]c(CNC(=O)OC(C)C)c(C)c1. The van der Waals surface area contributed by atoms with Crippen LogP contribution in [0.4, 0.5) is 4.79 Å². The number of carbonyl (C=O) groups excluding carboxylic acids is 1. The first-order valence-corrected chi connectivity index (χ1v) is 5.41. The zero-order valence-corrected chi connectivity index (χ0v) is 10.3. The largest absolute Gasteiger partial charge is 0.447 e. The first kappa shape index (κ1) is 12.6. The van der Waals surface area contributed by atoms with E-state index in [2.05, 4.69) is 17.4 Å². The fourth-order valence-electron chi connectivity index (χ4n) is 1.39. The van der Waals surface area contributed by atoms with E-state index in [-0.39, 0.29) is 12.2 Å². The molecule has 1 aromatic carbocycles. The quantitative estimate of drug-likeness (QED) is 0.850. The number of carbonyl (C=O) groups is 1. The third kappa shape index (κ3) is 3.93. The van der Waals surface area contributed by atoms with Gasteiger partial charge in [-0.25, -0.2) is 4.79 Å². The summed E-state index contributed by atoms with van der Waals surface area (Å²) >= 11 is 0. The zero-order chi connectivity index (χ0) is 12.1. The molecule has 1 radical (unpaired) electrons. The van der Waals surface area contributed by atoms with Crippen LogP contribution in [-0.4, -0.2) is 12.2 Å². The van der Waals surface area contributed by atoms with Gasteiger partial charge >= 0.3 is 6.09 Å². The van der Waals surface area contributed by atoms with E-state index in [1.165, 1.54) is 5.56 Å². The van der Waals surface area contributed by atoms with Crippen molar-refractivity contribution in [2.24, 2.45) is 0 Å². The van der Waals surface area contributed by atoms with E-state index in [0.29, 0.717) is 6.54 Å². The van der Waals surface area contributed by atoms with Crippen molar-refractivity contribution in [1.82, 2.24) is 5.32 Å². The van der Waals surface area contributed by atoms with Gasteiger partial charge in [-0.05, 0) is 44.9 Å². The minimum absolute atomic E-state index is 0.0944. The number of aryl methyl sites for hydroxylation is 2. The summed E-state index contributed by atoms with van der Waals surface area (Å²) in [6.45, 7) is 8.13. The number of alkyl carbamates (subject to hydrolysis) is 1. The van der Waals surface area contributed by atoms with Gasteiger partial charge in [-0.15, -0.1) is 0 Å². The molecule has 0 spiro atoms. The van der Waals surface area contributed by atoms with Crippen molar-refractivity contribution in [3.05, 3.63) is 34.9 Å². The van der Waals surface area contributed by atoms with Crippen LogP contribution in [0.25, 0.3) is 0 Å². The molecule has 0 heterocycles. The van der Waals surface area contributed by atoms with Crippen molar-refractivity contribution in [2.45, 2.75) is 40.3 Å². The van der Waals surface area contributed by atoms with E-state index in [9.17, 15) is 4.79 Å². The van der Waals surface area contributed by atoms with Crippen LogP contribution in [0.3, 0.4) is 0 Å². The lowest BCUT2D eigenvalue weighted by Crippen LogP contribution is -2.26. The van der Waals surface area contributed by atoms with Crippen LogP contribution >= 0.6 is 0 Å². The number of hydrogen-bond donors (Lipinski definition) is 1. The number of rotatable bonds is 3. The first-order chi connectivity index (χ1) is 7.49. The highest BCUT2D eigenvalue weighted by atomic mass is 16.6. The standard InChI is InChI=1S/C13H18NO2/c1-9(2)16-13(15)14-8-12-6-5-10(3)7-11(12)4/h5,7,9H,8H2,1-4H3,(H,14,15). The molecule has 1 N–H and O–H groups in total. The number of hydrogen-bond acceptors (Lipinski definition) is 2. The zero-order valence-electron chi connectivity index (χ0n) is 10.3. The predicted octanol–water partition coefficient (Wildman–Crippen LogP) is 2.74. The van der Waals surface area contributed by atoms with Crippen molar-refractivity contribution < 1.29 is 9.53 Å². The second kappa shape index (κ2) is 5.54. The molecule has 0 saturated carbocycles. The lowest BCUT2D eigenvalue weighted by atomic mass is 10.1. The lowest BCUT2D eigenvalue weighted by Gasteiger charge is -2.10. The molecule has 0 bridgehead atoms. The van der Waals surface area contributed by atoms with Gasteiger partial charge in [0.1, 0.15) is 0 Å². The second-order valence-electron chi connectivity index (χ2n) is 4.15. The molecule has 1 rings (SSSR count). The van der Waals surface area contributed by atoms with Crippen LogP contribution in [0.15, 0.2) is 12.1 Å². The molecular weight excluding hydrogens is 202 g/mol. The summed E-state index contributed by atoms with van der Waals surface area (Å²) < 4.78 is 4.97. The topological polar surface area (TPSA) is 38.3 Å². The van der Waals surface area contributed by atoms with Crippen LogP contribution in [-0.2, 0) is 11.3 Å². The van der Waals surface area contributed by atoms with Crippen molar-refractivity contribution >= 4 is 6.09 Å². The van der Waals surface area contributed by atoms with Crippen LogP contribution < -0.4 is 5.32 Å². The van der Waals surface area contributed by atoms with E-state index in [4.69, 9.17) is 4.74 Å². The predicted molar refractivity (Wildman–Crippen MR) is 63.2 cm³/mol. The van der Waals surface area contributed by atoms with Gasteiger partial charge in [0.15, 0.2) is 0 Å². The van der Waals surface area contributed by atoms with Crippen LogP contribution in [0, 0.1) is 19.9 Å². The molecule has 1 aromatic rings. The number of ether oxygens (including phenoxy) is 1. The van der Waals surface area contributed by atoms with Crippen LogP contribution in [0.2, 0.25) is 0 Å². The molecule has 0 atom stereocenters. The van der Waals surface area contributed by atoms with Gasteiger partial charge in [0.05, 0.1) is 6.10 Å². The highest BCUT2D eigenvalue weighted by Gasteiger charge is 2.05. The number of nitrogens with one attached hydrogen (secondary N) is 1. The average molecular weight is 220 g/mol. The summed E-state index contributed by atoms with van der Waals surface area (Å²) in [5, 5.41) is 2.70. The molecule has 0 aromatic heterocycles. The monoisotopic (exact) mass is 220 g/mol. The normalized spacial score (nSPS) is 10.3. The Morgan fingerprint density at radius 3 is 2.75 bits per heavy atom. The summed E-state index contributed by atoms with van der Waals surface area (Å²) in [5.74, 6) is 0. The number of amides is 1. The molecule has 0 fully saturated rings. The number of benzene rings is 1. The molecule has 0 unspecified atom stereocenters. The minimum atomic E-state index is -0.386. The summed E-state index contributed by atoms with van der Waals surface area (Å²) in [5.41, 5.74) is 3.29. The molecule has 3 nitrogen and oxygen atoms in total. The summed E-state index contributed by atoms with van der Waals surface area (Å²) in [7, 11) is 0. The maximum atomic E-state index is 11.3. The third-order valence-electron chi connectivity index (χ3n) is 2.15. The van der Waals surface area contributed by atoms with E-state index >= 15 is 0 Å². The molecule has 0 aliphatic rings. The Balaban J connectivity index is 2.51. The lowest BCUT2D eigenvalue weighted by molar-refractivity contribution is 0.115. The van der Waals surface area contributed by atoms with E-state index in [1.807, 2.05) is 33.8 Å². The Morgan fingerprint density at radius 1 is 1.50 bits per heavy atom. The summed E-state index contributed by atoms with van der Waals surface area (Å²) in [6.07, 6.45) is -0.480. The van der Waals surface area contributed by atoms with Gasteiger partial charge in [-0.3, -0.25) is 0 Å². The van der Waals surface area contributed by atoms with Crippen molar-refractivity contribution in [3.63, 3.8) is 0 Å². The van der Waals surface area contributed by atoms with Gasteiger partial charge in [0, 0.05) is 6.54 Å². The van der Waals surface area contributed by atoms with E-state index in [0.717, 1.165) is 11.1 Å². The Labute approximate surface area is 96.8 Å². The van der Waals surface area contributed by atoms with Crippen molar-refractivity contribution in [3.8, 4) is 0 Å². The van der Waals surface area contributed by atoms with Gasteiger partial charge in [-0.2, -0.15) is 0 Å². The Kier molecular flexibility index (Phi) is 4.35. The Bertz CT molecular complexity index is 372. The van der Waals surface area contributed by atoms with Gasteiger partial charge in [0.25, 0.3) is 0 Å². The van der Waals surface area contributed by atoms with E-state index < -0.39 is 0 Å². The van der Waals surface area contributed by atoms with Crippen LogP contribution in [0.5, 0.6) is 0 Å². The molecule has 16 heavy (non-hydrogen) atoms. The first-order valence-electron chi connectivity index (χ1n) is 5.41. The molecule has 0 aliphatic heterocycles. The van der Waals surface area contributed by atoms with Crippen LogP contribution in [0.1, 0.15) is 30.5 Å². The maximum Gasteiger partial charge on any atom is 0.407 e. The molecule has 3 heteroatoms. The van der Waals surface area contributed by atoms with Gasteiger partial charge < -0.3 is 10.1 Å². The van der Waals surface area contributed by atoms with E-state index in [1.54, 1.807) is 0 Å². The molecule has 1 amide bonds. The highest BCUT2D eigenvalue weighted by molar-refractivity contribution is 5.67. The van der Waals surface area contributed by atoms with Crippen molar-refractivity contribution in [2.75, 3.05) is 0 Å².